The maximum Gasteiger partial charge on any atom is 0.244 e. The van der Waals surface area contributed by atoms with Crippen LogP contribution in [0.15, 0.2) is 6.20 Å². The van der Waals surface area contributed by atoms with Crippen molar-refractivity contribution in [3.8, 4) is 0 Å². The van der Waals surface area contributed by atoms with Gasteiger partial charge >= 0.3 is 0 Å². The van der Waals surface area contributed by atoms with Crippen molar-refractivity contribution in [3.05, 3.63) is 11.9 Å². The highest BCUT2D eigenvalue weighted by atomic mass is 16.3. The number of carbonyl (C=O) groups excluding carboxylic acids is 1. The van der Waals surface area contributed by atoms with Crippen LogP contribution in [0.2, 0.25) is 0 Å². The number of nitrogens with two attached hydrogens (primary N) is 1. The zero-order valence-corrected chi connectivity index (χ0v) is 12.2. The average Bonchev–Trinajstić information content (AvgIpc) is 2.89. The van der Waals surface area contributed by atoms with Gasteiger partial charge in [0.25, 0.3) is 0 Å². The minimum absolute atomic E-state index is 0.0229. The third-order valence-electron chi connectivity index (χ3n) is 3.10. The molecule has 0 aliphatic carbocycles. The fourth-order valence-corrected chi connectivity index (χ4v) is 1.96. The molecule has 114 valence electrons. The number of nitrogens with zero attached hydrogens (tertiary/aromatic N) is 4. The number of hydrogen-bond donors (Lipinski definition) is 2. The summed E-state index contributed by atoms with van der Waals surface area (Å²) in [6, 6.07) is 0. The molecule has 0 fully saturated rings. The first-order valence-corrected chi connectivity index (χ1v) is 7.19. The Hall–Kier alpha value is -1.47. The van der Waals surface area contributed by atoms with Gasteiger partial charge in [0.15, 0.2) is 0 Å². The molecule has 3 N–H and O–H groups in total. The molecule has 0 spiro atoms. The van der Waals surface area contributed by atoms with Crippen LogP contribution in [0, 0.1) is 0 Å². The Bertz CT molecular complexity index is 394. The van der Waals surface area contributed by atoms with E-state index in [4.69, 9.17) is 10.8 Å². The van der Waals surface area contributed by atoms with E-state index >= 15 is 0 Å². The lowest BCUT2D eigenvalue weighted by molar-refractivity contribution is -0.132. The van der Waals surface area contributed by atoms with Crippen LogP contribution in [0.25, 0.3) is 0 Å². The second-order valence-electron chi connectivity index (χ2n) is 4.78. The lowest BCUT2D eigenvalue weighted by Crippen LogP contribution is -2.37. The molecule has 0 bridgehead atoms. The van der Waals surface area contributed by atoms with Gasteiger partial charge in [-0.15, -0.1) is 5.10 Å². The number of aliphatic hydroxyl groups excluding tert-OH is 1. The van der Waals surface area contributed by atoms with Crippen molar-refractivity contribution in [2.45, 2.75) is 45.7 Å². The van der Waals surface area contributed by atoms with E-state index in [9.17, 15) is 4.79 Å². The molecule has 1 amide bonds. The number of aromatic nitrogens is 3. The molecule has 0 unspecified atom stereocenters. The Morgan fingerprint density at radius 3 is 2.80 bits per heavy atom. The number of hydrogen-bond acceptors (Lipinski definition) is 5. The molecule has 1 aromatic rings. The van der Waals surface area contributed by atoms with Gasteiger partial charge in [0.2, 0.25) is 5.91 Å². The van der Waals surface area contributed by atoms with Crippen LogP contribution in [0.5, 0.6) is 0 Å². The highest BCUT2D eigenvalue weighted by Gasteiger charge is 2.14. The van der Waals surface area contributed by atoms with Gasteiger partial charge < -0.3 is 15.7 Å². The SMILES string of the molecule is CCCCCCN(CCO)C(=O)Cn1cc(CN)nn1. The lowest BCUT2D eigenvalue weighted by atomic mass is 10.2. The van der Waals surface area contributed by atoms with Crippen LogP contribution in [-0.4, -0.2) is 50.6 Å². The molecule has 7 heteroatoms. The van der Waals surface area contributed by atoms with Gasteiger partial charge in [-0.3, -0.25) is 4.79 Å². The summed E-state index contributed by atoms with van der Waals surface area (Å²) in [4.78, 5) is 13.8. The van der Waals surface area contributed by atoms with Crippen LogP contribution in [-0.2, 0) is 17.9 Å². The average molecular weight is 283 g/mol. The number of amides is 1. The Morgan fingerprint density at radius 2 is 2.20 bits per heavy atom. The summed E-state index contributed by atoms with van der Waals surface area (Å²) in [7, 11) is 0. The highest BCUT2D eigenvalue weighted by molar-refractivity contribution is 5.75. The Labute approximate surface area is 119 Å². The van der Waals surface area contributed by atoms with E-state index in [1.54, 1.807) is 11.1 Å². The van der Waals surface area contributed by atoms with Crippen molar-refractivity contribution in [2.24, 2.45) is 5.73 Å². The van der Waals surface area contributed by atoms with E-state index in [0.717, 1.165) is 19.3 Å². The molecule has 20 heavy (non-hydrogen) atoms. The fourth-order valence-electron chi connectivity index (χ4n) is 1.96. The number of unbranched alkanes of at least 4 members (excludes halogenated alkanes) is 3. The summed E-state index contributed by atoms with van der Waals surface area (Å²) >= 11 is 0. The quantitative estimate of drug-likeness (QED) is 0.595. The third-order valence-corrected chi connectivity index (χ3v) is 3.10. The van der Waals surface area contributed by atoms with Crippen molar-refractivity contribution in [1.82, 2.24) is 19.9 Å². The first-order chi connectivity index (χ1) is 9.71. The molecule has 1 aromatic heterocycles. The molecular weight excluding hydrogens is 258 g/mol. The topological polar surface area (TPSA) is 97.3 Å². The first-order valence-electron chi connectivity index (χ1n) is 7.19. The first kappa shape index (κ1) is 16.6. The molecule has 0 saturated heterocycles. The van der Waals surface area contributed by atoms with Crippen molar-refractivity contribution < 1.29 is 9.90 Å². The van der Waals surface area contributed by atoms with E-state index in [0.29, 0.717) is 25.3 Å². The number of rotatable bonds is 10. The van der Waals surface area contributed by atoms with Gasteiger partial charge in [0, 0.05) is 19.6 Å². The molecule has 7 nitrogen and oxygen atoms in total. The van der Waals surface area contributed by atoms with E-state index in [1.807, 2.05) is 0 Å². The molecule has 0 atom stereocenters. The molecule has 0 radical (unpaired) electrons. The summed E-state index contributed by atoms with van der Waals surface area (Å²) in [6.07, 6.45) is 6.07. The molecule has 0 aliphatic heterocycles. The summed E-state index contributed by atoms with van der Waals surface area (Å²) in [6.45, 7) is 3.62. The third kappa shape index (κ3) is 5.66. The van der Waals surface area contributed by atoms with Crippen LogP contribution in [0.1, 0.15) is 38.3 Å². The second kappa shape index (κ2) is 9.44. The van der Waals surface area contributed by atoms with Crippen LogP contribution in [0.3, 0.4) is 0 Å². The Kier molecular flexibility index (Phi) is 7.82. The zero-order chi connectivity index (χ0) is 14.8. The number of carbonyl (C=O) groups is 1. The highest BCUT2D eigenvalue weighted by Crippen LogP contribution is 2.03. The molecule has 0 aliphatic rings. The van der Waals surface area contributed by atoms with Crippen molar-refractivity contribution in [2.75, 3.05) is 19.7 Å². The van der Waals surface area contributed by atoms with E-state index in [1.165, 1.54) is 11.1 Å². The summed E-state index contributed by atoms with van der Waals surface area (Å²) in [5, 5.41) is 16.8. The van der Waals surface area contributed by atoms with Gasteiger partial charge in [-0.25, -0.2) is 4.68 Å². The molecule has 1 heterocycles. The fraction of sp³-hybridized carbons (Fsp3) is 0.769. The van der Waals surface area contributed by atoms with Gasteiger partial charge in [-0.1, -0.05) is 31.4 Å². The van der Waals surface area contributed by atoms with Gasteiger partial charge in [0.05, 0.1) is 18.5 Å². The summed E-state index contributed by atoms with van der Waals surface area (Å²) in [5.41, 5.74) is 6.11. The maximum atomic E-state index is 12.2. The molecule has 1 rings (SSSR count). The smallest absolute Gasteiger partial charge is 0.244 e. The van der Waals surface area contributed by atoms with Crippen LogP contribution in [0.4, 0.5) is 0 Å². The van der Waals surface area contributed by atoms with Crippen molar-refractivity contribution in [1.29, 1.82) is 0 Å². The number of aliphatic hydroxyl groups is 1. The standard InChI is InChI=1S/C13H25N5O2/c1-2-3-4-5-6-17(7-8-19)13(20)11-18-10-12(9-14)15-16-18/h10,19H,2-9,11,14H2,1H3. The van der Waals surface area contributed by atoms with E-state index in [-0.39, 0.29) is 19.1 Å². The van der Waals surface area contributed by atoms with Gasteiger partial charge in [-0.05, 0) is 6.42 Å². The predicted octanol–water partition coefficient (Wildman–Crippen LogP) is 0.138. The normalized spacial score (nSPS) is 10.8. The van der Waals surface area contributed by atoms with Crippen LogP contribution < -0.4 is 5.73 Å². The predicted molar refractivity (Wildman–Crippen MR) is 75.7 cm³/mol. The van der Waals surface area contributed by atoms with Crippen molar-refractivity contribution in [3.63, 3.8) is 0 Å². The Morgan fingerprint density at radius 1 is 1.40 bits per heavy atom. The zero-order valence-electron chi connectivity index (χ0n) is 12.2. The minimum Gasteiger partial charge on any atom is -0.395 e. The van der Waals surface area contributed by atoms with E-state index < -0.39 is 0 Å². The van der Waals surface area contributed by atoms with Crippen molar-refractivity contribution >= 4 is 5.91 Å². The van der Waals surface area contributed by atoms with Crippen LogP contribution >= 0.6 is 0 Å². The summed E-state index contributed by atoms with van der Waals surface area (Å²) < 4.78 is 1.49. The summed E-state index contributed by atoms with van der Waals surface area (Å²) in [5.74, 6) is -0.0518. The van der Waals surface area contributed by atoms with E-state index in [2.05, 4.69) is 17.2 Å². The largest absolute Gasteiger partial charge is 0.395 e. The Balaban J connectivity index is 2.45. The monoisotopic (exact) mass is 283 g/mol. The van der Waals surface area contributed by atoms with Gasteiger partial charge in [-0.2, -0.15) is 0 Å². The lowest BCUT2D eigenvalue weighted by Gasteiger charge is -2.21. The molecular formula is C13H25N5O2. The molecule has 0 aromatic carbocycles. The van der Waals surface area contributed by atoms with Gasteiger partial charge in [0.1, 0.15) is 6.54 Å². The molecule has 0 saturated carbocycles. The maximum absolute atomic E-state index is 12.2. The minimum atomic E-state index is -0.0518. The second-order valence-corrected chi connectivity index (χ2v) is 4.78.